The molecule has 3 heteroatoms. The molecule has 0 aliphatic carbocycles. The maximum Gasteiger partial charge on any atom is 0.357 e. The van der Waals surface area contributed by atoms with Gasteiger partial charge < -0.3 is 4.52 Å². The van der Waals surface area contributed by atoms with Crippen LogP contribution in [0.3, 0.4) is 0 Å². The average molecular weight is 169 g/mol. The summed E-state index contributed by atoms with van der Waals surface area (Å²) in [6.45, 7) is 2.18. The van der Waals surface area contributed by atoms with E-state index in [-0.39, 0.29) is 5.63 Å². The molecule has 68 valence electrons. The van der Waals surface area contributed by atoms with Crippen LogP contribution in [0.15, 0.2) is 15.4 Å². The Morgan fingerprint density at radius 2 is 2.25 bits per heavy atom. The highest BCUT2D eigenvalue weighted by Gasteiger charge is 1.96. The van der Waals surface area contributed by atoms with E-state index in [2.05, 4.69) is 16.6 Å². The number of H-pyrrole nitrogens is 1. The molecule has 1 aromatic rings. The summed E-state index contributed by atoms with van der Waals surface area (Å²) in [6, 6.07) is 1.52. The second kappa shape index (κ2) is 4.80. The lowest BCUT2D eigenvalue weighted by atomic mass is 10.1. The van der Waals surface area contributed by atoms with E-state index in [0.717, 1.165) is 18.5 Å². The second-order valence-electron chi connectivity index (χ2n) is 3.00. The van der Waals surface area contributed by atoms with Crippen molar-refractivity contribution < 1.29 is 4.52 Å². The normalized spacial score (nSPS) is 10.4. The SMILES string of the molecule is CCCCCCc1cc(=O)o[nH]1. The van der Waals surface area contributed by atoms with E-state index >= 15 is 0 Å². The van der Waals surface area contributed by atoms with Crippen molar-refractivity contribution in [2.45, 2.75) is 39.0 Å². The zero-order valence-corrected chi connectivity index (χ0v) is 7.43. The first kappa shape index (κ1) is 9.10. The van der Waals surface area contributed by atoms with Crippen LogP contribution in [0.4, 0.5) is 0 Å². The van der Waals surface area contributed by atoms with Crippen molar-refractivity contribution in [3.05, 3.63) is 22.2 Å². The summed E-state index contributed by atoms with van der Waals surface area (Å²) in [7, 11) is 0. The third kappa shape index (κ3) is 2.95. The molecular weight excluding hydrogens is 154 g/mol. The van der Waals surface area contributed by atoms with Crippen molar-refractivity contribution in [3.63, 3.8) is 0 Å². The van der Waals surface area contributed by atoms with Gasteiger partial charge in [0.15, 0.2) is 0 Å². The minimum absolute atomic E-state index is 0.277. The van der Waals surface area contributed by atoms with Gasteiger partial charge in [0.1, 0.15) is 0 Å². The predicted molar refractivity (Wildman–Crippen MR) is 47.2 cm³/mol. The molecule has 0 saturated heterocycles. The zero-order chi connectivity index (χ0) is 8.81. The van der Waals surface area contributed by atoms with Gasteiger partial charge in [-0.3, -0.25) is 0 Å². The van der Waals surface area contributed by atoms with Gasteiger partial charge in [0.25, 0.3) is 0 Å². The first-order chi connectivity index (χ1) is 5.83. The van der Waals surface area contributed by atoms with Crippen molar-refractivity contribution in [1.29, 1.82) is 0 Å². The third-order valence-electron chi connectivity index (χ3n) is 1.87. The van der Waals surface area contributed by atoms with Gasteiger partial charge in [-0.1, -0.05) is 26.2 Å². The van der Waals surface area contributed by atoms with Crippen LogP contribution >= 0.6 is 0 Å². The van der Waals surface area contributed by atoms with Crippen molar-refractivity contribution in [3.8, 4) is 0 Å². The lowest BCUT2D eigenvalue weighted by molar-refractivity contribution is 0.384. The summed E-state index contributed by atoms with van der Waals surface area (Å²) in [5, 5.41) is 2.59. The van der Waals surface area contributed by atoms with Crippen LogP contribution in [-0.2, 0) is 6.42 Å². The molecule has 3 nitrogen and oxygen atoms in total. The summed E-state index contributed by atoms with van der Waals surface area (Å²) in [6.07, 6.45) is 5.78. The molecule has 0 amide bonds. The Labute approximate surface area is 71.7 Å². The fourth-order valence-electron chi connectivity index (χ4n) is 1.18. The Balaban J connectivity index is 2.20. The summed E-state index contributed by atoms with van der Waals surface area (Å²) >= 11 is 0. The number of aromatic amines is 1. The van der Waals surface area contributed by atoms with Crippen molar-refractivity contribution in [2.24, 2.45) is 0 Å². The largest absolute Gasteiger partial charge is 0.357 e. The van der Waals surface area contributed by atoms with E-state index < -0.39 is 0 Å². The lowest BCUT2D eigenvalue weighted by Crippen LogP contribution is -1.88. The predicted octanol–water partition coefficient (Wildman–Crippen LogP) is 2.09. The van der Waals surface area contributed by atoms with Gasteiger partial charge in [-0.2, -0.15) is 0 Å². The van der Waals surface area contributed by atoms with Gasteiger partial charge in [0.05, 0.1) is 5.69 Å². The average Bonchev–Trinajstić information content (AvgIpc) is 2.45. The molecule has 0 saturated carbocycles. The number of aryl methyl sites for hydroxylation is 1. The van der Waals surface area contributed by atoms with Gasteiger partial charge in [-0.05, 0) is 12.8 Å². The number of nitrogens with one attached hydrogen (secondary N) is 1. The first-order valence-corrected chi connectivity index (χ1v) is 4.50. The van der Waals surface area contributed by atoms with E-state index in [4.69, 9.17) is 0 Å². The molecule has 0 aliphatic rings. The number of unbranched alkanes of at least 4 members (excludes halogenated alkanes) is 3. The number of hydrogen-bond acceptors (Lipinski definition) is 2. The topological polar surface area (TPSA) is 46.0 Å². The Morgan fingerprint density at radius 3 is 2.83 bits per heavy atom. The number of aromatic nitrogens is 1. The second-order valence-corrected chi connectivity index (χ2v) is 3.00. The molecule has 12 heavy (non-hydrogen) atoms. The molecule has 0 unspecified atom stereocenters. The minimum Gasteiger partial charge on any atom is -0.339 e. The summed E-state index contributed by atoms with van der Waals surface area (Å²) in [5.41, 5.74) is 0.636. The standard InChI is InChI=1S/C9H15NO2/c1-2-3-4-5-6-8-7-9(11)12-10-8/h7,10H,2-6H2,1H3. The van der Waals surface area contributed by atoms with E-state index in [9.17, 15) is 4.79 Å². The van der Waals surface area contributed by atoms with Crippen LogP contribution in [0.25, 0.3) is 0 Å². The minimum atomic E-state index is -0.277. The van der Waals surface area contributed by atoms with Crippen molar-refractivity contribution in [2.75, 3.05) is 0 Å². The monoisotopic (exact) mass is 169 g/mol. The van der Waals surface area contributed by atoms with Crippen LogP contribution in [0.1, 0.15) is 38.3 Å². The number of hydrogen-bond donors (Lipinski definition) is 1. The van der Waals surface area contributed by atoms with Crippen LogP contribution in [0, 0.1) is 0 Å². The fraction of sp³-hybridized carbons (Fsp3) is 0.667. The number of rotatable bonds is 5. The molecule has 0 fully saturated rings. The molecule has 0 radical (unpaired) electrons. The fourth-order valence-corrected chi connectivity index (χ4v) is 1.18. The van der Waals surface area contributed by atoms with E-state index in [1.54, 1.807) is 0 Å². The molecule has 0 aliphatic heterocycles. The van der Waals surface area contributed by atoms with E-state index in [1.807, 2.05) is 0 Å². The zero-order valence-electron chi connectivity index (χ0n) is 7.43. The van der Waals surface area contributed by atoms with E-state index in [1.165, 1.54) is 25.3 Å². The van der Waals surface area contributed by atoms with Gasteiger partial charge in [-0.15, -0.1) is 0 Å². The van der Waals surface area contributed by atoms with Crippen LogP contribution in [-0.4, -0.2) is 5.16 Å². The Bertz CT molecular complexity index is 261. The smallest absolute Gasteiger partial charge is 0.339 e. The van der Waals surface area contributed by atoms with Gasteiger partial charge in [0.2, 0.25) is 0 Å². The maximum atomic E-state index is 10.6. The van der Waals surface area contributed by atoms with Crippen LogP contribution < -0.4 is 5.63 Å². The molecule has 1 N–H and O–H groups in total. The van der Waals surface area contributed by atoms with Gasteiger partial charge >= 0.3 is 5.63 Å². The maximum absolute atomic E-state index is 10.6. The Morgan fingerprint density at radius 1 is 1.42 bits per heavy atom. The van der Waals surface area contributed by atoms with Crippen LogP contribution in [0.5, 0.6) is 0 Å². The molecule has 1 rings (SSSR count). The highest BCUT2D eigenvalue weighted by Crippen LogP contribution is 2.03. The molecule has 0 spiro atoms. The van der Waals surface area contributed by atoms with Gasteiger partial charge in [0, 0.05) is 6.07 Å². The molecule has 0 bridgehead atoms. The van der Waals surface area contributed by atoms with Crippen LogP contribution in [0.2, 0.25) is 0 Å². The molecule has 0 atom stereocenters. The molecule has 1 heterocycles. The molecule has 0 aromatic carbocycles. The Hall–Kier alpha value is -0.990. The Kier molecular flexibility index (Phi) is 3.64. The van der Waals surface area contributed by atoms with Crippen molar-refractivity contribution >= 4 is 0 Å². The quantitative estimate of drug-likeness (QED) is 0.686. The summed E-state index contributed by atoms with van der Waals surface area (Å²) in [5.74, 6) is 0. The van der Waals surface area contributed by atoms with Gasteiger partial charge in [-0.25, -0.2) is 9.95 Å². The van der Waals surface area contributed by atoms with Crippen molar-refractivity contribution in [1.82, 2.24) is 5.16 Å². The lowest BCUT2D eigenvalue weighted by Gasteiger charge is -1.95. The molecule has 1 aromatic heterocycles. The molecular formula is C9H15NO2. The summed E-state index contributed by atoms with van der Waals surface area (Å²) < 4.78 is 4.54. The van der Waals surface area contributed by atoms with E-state index in [0.29, 0.717) is 0 Å². The third-order valence-corrected chi connectivity index (χ3v) is 1.87. The highest BCUT2D eigenvalue weighted by molar-refractivity contribution is 4.95. The summed E-state index contributed by atoms with van der Waals surface area (Å²) in [4.78, 5) is 10.6. The first-order valence-electron chi connectivity index (χ1n) is 4.50. The highest BCUT2D eigenvalue weighted by atomic mass is 16.5.